The number of amides is 3. The Morgan fingerprint density at radius 1 is 1.11 bits per heavy atom. The fourth-order valence-corrected chi connectivity index (χ4v) is 1.94. The van der Waals surface area contributed by atoms with Crippen molar-refractivity contribution < 1.29 is 23.9 Å². The summed E-state index contributed by atoms with van der Waals surface area (Å²) in [6, 6.07) is 7.46. The molecule has 2 aromatic rings. The Morgan fingerprint density at radius 3 is 2.41 bits per heavy atom. The SMILES string of the molecule is COc1ccc(NC(=O)NC(=O)COC(=O)CN(C)c2ncccn2)cc1. The number of aromatic nitrogens is 2. The van der Waals surface area contributed by atoms with Gasteiger partial charge in [0.15, 0.2) is 6.61 Å². The molecule has 0 bridgehead atoms. The number of esters is 1. The second-order valence-electron chi connectivity index (χ2n) is 5.30. The van der Waals surface area contributed by atoms with Crippen LogP contribution in [0.1, 0.15) is 0 Å². The third-order valence-electron chi connectivity index (χ3n) is 3.22. The Kier molecular flexibility index (Phi) is 7.06. The van der Waals surface area contributed by atoms with Gasteiger partial charge in [-0.15, -0.1) is 0 Å². The minimum atomic E-state index is -0.757. The minimum Gasteiger partial charge on any atom is -0.497 e. The Balaban J connectivity index is 1.71. The fourth-order valence-electron chi connectivity index (χ4n) is 1.94. The second kappa shape index (κ2) is 9.70. The molecule has 0 aliphatic rings. The first-order valence-corrected chi connectivity index (χ1v) is 7.86. The van der Waals surface area contributed by atoms with Gasteiger partial charge in [-0.1, -0.05) is 0 Å². The highest BCUT2D eigenvalue weighted by Gasteiger charge is 2.14. The van der Waals surface area contributed by atoms with Gasteiger partial charge in [-0.3, -0.25) is 14.9 Å². The summed E-state index contributed by atoms with van der Waals surface area (Å²) in [6.07, 6.45) is 3.08. The molecule has 3 amide bonds. The zero-order valence-electron chi connectivity index (χ0n) is 14.8. The lowest BCUT2D eigenvalue weighted by atomic mass is 10.3. The van der Waals surface area contributed by atoms with E-state index in [0.717, 1.165) is 0 Å². The Bertz CT molecular complexity index is 782. The number of likely N-dealkylation sites (N-methyl/N-ethyl adjacent to an activating group) is 1. The van der Waals surface area contributed by atoms with Gasteiger partial charge in [0.25, 0.3) is 5.91 Å². The van der Waals surface area contributed by atoms with E-state index >= 15 is 0 Å². The molecule has 0 saturated carbocycles. The summed E-state index contributed by atoms with van der Waals surface area (Å²) in [4.78, 5) is 44.6. The van der Waals surface area contributed by atoms with Crippen molar-refractivity contribution in [3.8, 4) is 5.75 Å². The van der Waals surface area contributed by atoms with Crippen LogP contribution in [0.25, 0.3) is 0 Å². The van der Waals surface area contributed by atoms with Crippen LogP contribution in [0.15, 0.2) is 42.7 Å². The molecule has 0 unspecified atom stereocenters. The number of carbonyl (C=O) groups is 3. The fraction of sp³-hybridized carbons (Fsp3) is 0.235. The first kappa shape index (κ1) is 19.6. The van der Waals surface area contributed by atoms with Gasteiger partial charge < -0.3 is 19.7 Å². The highest BCUT2D eigenvalue weighted by Crippen LogP contribution is 2.14. The molecule has 1 aromatic heterocycles. The average Bonchev–Trinajstić information content (AvgIpc) is 2.67. The molecule has 27 heavy (non-hydrogen) atoms. The first-order chi connectivity index (χ1) is 13.0. The van der Waals surface area contributed by atoms with E-state index in [4.69, 9.17) is 9.47 Å². The molecule has 10 heteroatoms. The topological polar surface area (TPSA) is 123 Å². The van der Waals surface area contributed by atoms with Crippen LogP contribution in [0.4, 0.5) is 16.4 Å². The number of ether oxygens (including phenoxy) is 2. The zero-order chi connectivity index (χ0) is 19.6. The van der Waals surface area contributed by atoms with Gasteiger partial charge in [0.05, 0.1) is 7.11 Å². The third-order valence-corrected chi connectivity index (χ3v) is 3.22. The van der Waals surface area contributed by atoms with Crippen LogP contribution in [-0.2, 0) is 14.3 Å². The summed E-state index contributed by atoms with van der Waals surface area (Å²) in [5, 5.41) is 4.54. The predicted octanol–water partition coefficient (Wildman–Crippen LogP) is 0.813. The zero-order valence-corrected chi connectivity index (χ0v) is 14.8. The number of methoxy groups -OCH3 is 1. The summed E-state index contributed by atoms with van der Waals surface area (Å²) >= 11 is 0. The standard InChI is InChI=1S/C17H19N5O5/c1-22(16-18-8-3-9-19-16)10-15(24)27-11-14(23)21-17(25)20-12-4-6-13(26-2)7-5-12/h3-9H,10-11H2,1-2H3,(H2,20,21,23,25). The van der Waals surface area contributed by atoms with E-state index in [-0.39, 0.29) is 6.54 Å². The molecule has 1 aromatic carbocycles. The summed E-state index contributed by atoms with van der Waals surface area (Å²) in [6.45, 7) is -0.728. The van der Waals surface area contributed by atoms with Crippen LogP contribution in [0.5, 0.6) is 5.75 Å². The smallest absolute Gasteiger partial charge is 0.326 e. The highest BCUT2D eigenvalue weighted by atomic mass is 16.5. The summed E-state index contributed by atoms with van der Waals surface area (Å²) in [7, 11) is 3.14. The Morgan fingerprint density at radius 2 is 1.78 bits per heavy atom. The third kappa shape index (κ3) is 6.61. The molecule has 0 radical (unpaired) electrons. The van der Waals surface area contributed by atoms with Crippen LogP contribution >= 0.6 is 0 Å². The number of nitrogens with zero attached hydrogens (tertiary/aromatic N) is 3. The molecule has 0 aliphatic carbocycles. The largest absolute Gasteiger partial charge is 0.497 e. The van der Waals surface area contributed by atoms with Crippen LogP contribution in [-0.4, -0.2) is 55.2 Å². The van der Waals surface area contributed by atoms with Crippen LogP contribution < -0.4 is 20.3 Å². The van der Waals surface area contributed by atoms with Crippen molar-refractivity contribution in [2.75, 3.05) is 37.5 Å². The maximum atomic E-state index is 11.8. The van der Waals surface area contributed by atoms with Gasteiger partial charge in [-0.25, -0.2) is 14.8 Å². The molecule has 142 valence electrons. The van der Waals surface area contributed by atoms with E-state index in [1.165, 1.54) is 12.0 Å². The van der Waals surface area contributed by atoms with E-state index in [1.54, 1.807) is 49.8 Å². The van der Waals surface area contributed by atoms with Crippen LogP contribution in [0.2, 0.25) is 0 Å². The average molecular weight is 373 g/mol. The molecule has 2 rings (SSSR count). The number of hydrogen-bond acceptors (Lipinski definition) is 8. The Labute approximate surface area is 155 Å². The molecule has 1 heterocycles. The predicted molar refractivity (Wildman–Crippen MR) is 96.4 cm³/mol. The van der Waals surface area contributed by atoms with Crippen molar-refractivity contribution in [2.45, 2.75) is 0 Å². The van der Waals surface area contributed by atoms with Crippen molar-refractivity contribution in [2.24, 2.45) is 0 Å². The van der Waals surface area contributed by atoms with Gasteiger partial charge >= 0.3 is 12.0 Å². The number of benzene rings is 1. The van der Waals surface area contributed by atoms with Gasteiger partial charge in [-0.2, -0.15) is 0 Å². The summed E-state index contributed by atoms with van der Waals surface area (Å²) in [5.41, 5.74) is 0.475. The van der Waals surface area contributed by atoms with E-state index < -0.39 is 24.5 Å². The quantitative estimate of drug-likeness (QED) is 0.684. The molecule has 2 N–H and O–H groups in total. The number of hydrogen-bond donors (Lipinski definition) is 2. The van der Waals surface area contributed by atoms with Crippen molar-refractivity contribution in [1.29, 1.82) is 0 Å². The lowest BCUT2D eigenvalue weighted by Crippen LogP contribution is -2.38. The first-order valence-electron chi connectivity index (χ1n) is 7.86. The van der Waals surface area contributed by atoms with E-state index in [0.29, 0.717) is 17.4 Å². The van der Waals surface area contributed by atoms with Crippen LogP contribution in [0.3, 0.4) is 0 Å². The molecule has 0 spiro atoms. The number of urea groups is 1. The van der Waals surface area contributed by atoms with Crippen molar-refractivity contribution >= 4 is 29.5 Å². The molecular weight excluding hydrogens is 354 g/mol. The molecule has 0 aliphatic heterocycles. The Hall–Kier alpha value is -3.69. The number of carbonyl (C=O) groups excluding carboxylic acids is 3. The van der Waals surface area contributed by atoms with Crippen LogP contribution in [0, 0.1) is 0 Å². The van der Waals surface area contributed by atoms with E-state index in [1.807, 2.05) is 0 Å². The maximum Gasteiger partial charge on any atom is 0.326 e. The van der Waals surface area contributed by atoms with E-state index in [9.17, 15) is 14.4 Å². The van der Waals surface area contributed by atoms with E-state index in [2.05, 4.69) is 20.6 Å². The summed E-state index contributed by atoms with van der Waals surface area (Å²) in [5.74, 6) is -0.434. The maximum absolute atomic E-state index is 11.8. The van der Waals surface area contributed by atoms with Gasteiger partial charge in [0, 0.05) is 25.1 Å². The van der Waals surface area contributed by atoms with Gasteiger partial charge in [0.2, 0.25) is 5.95 Å². The minimum absolute atomic E-state index is 0.144. The molecule has 10 nitrogen and oxygen atoms in total. The van der Waals surface area contributed by atoms with Gasteiger partial charge in [-0.05, 0) is 30.3 Å². The number of nitrogens with one attached hydrogen (secondary N) is 2. The monoisotopic (exact) mass is 373 g/mol. The lowest BCUT2D eigenvalue weighted by molar-refractivity contribution is -0.146. The van der Waals surface area contributed by atoms with Crippen molar-refractivity contribution in [1.82, 2.24) is 15.3 Å². The highest BCUT2D eigenvalue weighted by molar-refractivity contribution is 6.01. The number of anilines is 2. The number of rotatable bonds is 7. The molecule has 0 fully saturated rings. The van der Waals surface area contributed by atoms with Crippen molar-refractivity contribution in [3.05, 3.63) is 42.7 Å². The van der Waals surface area contributed by atoms with Gasteiger partial charge in [0.1, 0.15) is 12.3 Å². The van der Waals surface area contributed by atoms with Crippen molar-refractivity contribution in [3.63, 3.8) is 0 Å². The lowest BCUT2D eigenvalue weighted by Gasteiger charge is -2.15. The molecule has 0 saturated heterocycles. The molecular formula is C17H19N5O5. The number of imide groups is 1. The molecule has 0 atom stereocenters. The normalized spacial score (nSPS) is 9.85. The summed E-state index contributed by atoms with van der Waals surface area (Å²) < 4.78 is 9.84. The second-order valence-corrected chi connectivity index (χ2v) is 5.30.